The number of nitrogens with zero attached hydrogens (tertiary/aromatic N) is 2. The third-order valence-electron chi connectivity index (χ3n) is 3.77. The minimum absolute atomic E-state index is 0.0478. The fraction of sp³-hybridized carbons (Fsp3) is 0.500. The summed E-state index contributed by atoms with van der Waals surface area (Å²) >= 11 is 5.93. The Kier molecular flexibility index (Phi) is 5.98. The van der Waals surface area contributed by atoms with E-state index in [0.717, 1.165) is 5.56 Å². The van der Waals surface area contributed by atoms with Crippen molar-refractivity contribution in [2.24, 2.45) is 0 Å². The molecule has 23 heavy (non-hydrogen) atoms. The normalized spacial score (nSPS) is 18.3. The maximum Gasteiger partial charge on any atom is 0.317 e. The van der Waals surface area contributed by atoms with Crippen LogP contribution in [0.3, 0.4) is 0 Å². The number of carbonyl (C=O) groups is 2. The third kappa shape index (κ3) is 4.92. The molecule has 7 heteroatoms. The summed E-state index contributed by atoms with van der Waals surface area (Å²) in [5.74, 6) is -0.929. The van der Waals surface area contributed by atoms with Crippen molar-refractivity contribution in [3.8, 4) is 0 Å². The number of ether oxygens (including phenoxy) is 1. The molecule has 0 radical (unpaired) electrons. The van der Waals surface area contributed by atoms with Crippen LogP contribution in [-0.4, -0.2) is 72.7 Å². The second-order valence-corrected chi connectivity index (χ2v) is 6.23. The van der Waals surface area contributed by atoms with E-state index in [1.807, 2.05) is 6.92 Å². The molecule has 1 fully saturated rings. The number of carboxylic acid groups (broad SMARTS) is 1. The van der Waals surface area contributed by atoms with E-state index in [1.165, 1.54) is 0 Å². The number of hydrogen-bond donors (Lipinski definition) is 1. The molecule has 6 nitrogen and oxygen atoms in total. The van der Waals surface area contributed by atoms with Gasteiger partial charge in [-0.05, 0) is 37.7 Å². The fourth-order valence-electron chi connectivity index (χ4n) is 2.69. The lowest BCUT2D eigenvalue weighted by molar-refractivity contribution is -0.138. The molecule has 1 aliphatic heterocycles. The average molecular weight is 341 g/mol. The van der Waals surface area contributed by atoms with Crippen molar-refractivity contribution in [3.05, 3.63) is 34.3 Å². The third-order valence-corrected chi connectivity index (χ3v) is 4.00. The van der Waals surface area contributed by atoms with Crippen LogP contribution in [0.2, 0.25) is 5.02 Å². The number of carbonyl (C=O) groups excluding carboxylic acids is 1. The number of morpholine rings is 1. The molecule has 2 rings (SSSR count). The van der Waals surface area contributed by atoms with Crippen molar-refractivity contribution in [2.75, 3.05) is 39.8 Å². The Morgan fingerprint density at radius 3 is 2.87 bits per heavy atom. The second-order valence-electron chi connectivity index (χ2n) is 5.79. The Morgan fingerprint density at radius 1 is 1.48 bits per heavy atom. The highest BCUT2D eigenvalue weighted by molar-refractivity contribution is 6.30. The van der Waals surface area contributed by atoms with E-state index in [9.17, 15) is 9.59 Å². The SMILES string of the molecule is Cc1cc(Cl)ccc1C(=O)N1CCOC(CN(C)CC(=O)O)C1. The van der Waals surface area contributed by atoms with Crippen LogP contribution < -0.4 is 0 Å². The first-order valence-electron chi connectivity index (χ1n) is 7.44. The molecule has 1 N–H and O–H groups in total. The maximum atomic E-state index is 12.7. The van der Waals surface area contributed by atoms with Crippen molar-refractivity contribution in [1.82, 2.24) is 9.80 Å². The van der Waals surface area contributed by atoms with E-state index in [4.69, 9.17) is 21.4 Å². The van der Waals surface area contributed by atoms with Crippen molar-refractivity contribution < 1.29 is 19.4 Å². The molecule has 1 aromatic carbocycles. The summed E-state index contributed by atoms with van der Waals surface area (Å²) in [6.45, 7) is 3.70. The quantitative estimate of drug-likeness (QED) is 0.879. The maximum absolute atomic E-state index is 12.7. The summed E-state index contributed by atoms with van der Waals surface area (Å²) in [6, 6.07) is 5.22. The number of carboxylic acids is 1. The molecule has 1 heterocycles. The lowest BCUT2D eigenvalue weighted by atomic mass is 10.1. The fourth-order valence-corrected chi connectivity index (χ4v) is 2.92. The highest BCUT2D eigenvalue weighted by Gasteiger charge is 2.26. The lowest BCUT2D eigenvalue weighted by Gasteiger charge is -2.34. The number of rotatable bonds is 5. The van der Waals surface area contributed by atoms with Gasteiger partial charge in [-0.3, -0.25) is 14.5 Å². The highest BCUT2D eigenvalue weighted by atomic mass is 35.5. The van der Waals surface area contributed by atoms with Crippen LogP contribution in [0.15, 0.2) is 18.2 Å². The van der Waals surface area contributed by atoms with E-state index in [0.29, 0.717) is 36.8 Å². The molecule has 1 unspecified atom stereocenters. The number of halogens is 1. The molecule has 1 aromatic rings. The van der Waals surface area contributed by atoms with E-state index in [2.05, 4.69) is 0 Å². The zero-order valence-corrected chi connectivity index (χ0v) is 14.0. The van der Waals surface area contributed by atoms with Crippen LogP contribution in [0.1, 0.15) is 15.9 Å². The predicted molar refractivity (Wildman–Crippen MR) is 87.0 cm³/mol. The summed E-state index contributed by atoms with van der Waals surface area (Å²) in [4.78, 5) is 26.8. The van der Waals surface area contributed by atoms with Crippen molar-refractivity contribution in [1.29, 1.82) is 0 Å². The molecule has 0 aromatic heterocycles. The van der Waals surface area contributed by atoms with Gasteiger partial charge in [-0.2, -0.15) is 0 Å². The molecular formula is C16H21ClN2O4. The molecule has 1 atom stereocenters. The van der Waals surface area contributed by atoms with Gasteiger partial charge in [0.2, 0.25) is 0 Å². The standard InChI is InChI=1S/C16H21ClN2O4/c1-11-7-12(17)3-4-14(11)16(22)19-5-6-23-13(9-19)8-18(2)10-15(20)21/h3-4,7,13H,5-6,8-10H2,1-2H3,(H,20,21). The average Bonchev–Trinajstić information content (AvgIpc) is 2.46. The molecule has 1 saturated heterocycles. The number of likely N-dealkylation sites (N-methyl/N-ethyl adjacent to an activating group) is 1. The number of aliphatic carboxylic acids is 1. The molecule has 0 spiro atoms. The minimum atomic E-state index is -0.881. The molecule has 126 valence electrons. The molecular weight excluding hydrogens is 320 g/mol. The Balaban J connectivity index is 2.00. The number of aryl methyl sites for hydroxylation is 1. The Hall–Kier alpha value is -1.63. The van der Waals surface area contributed by atoms with Crippen molar-refractivity contribution in [2.45, 2.75) is 13.0 Å². The smallest absolute Gasteiger partial charge is 0.317 e. The Morgan fingerprint density at radius 2 is 2.22 bits per heavy atom. The van der Waals surface area contributed by atoms with Gasteiger partial charge in [0.15, 0.2) is 0 Å². The van der Waals surface area contributed by atoms with Gasteiger partial charge in [-0.15, -0.1) is 0 Å². The summed E-state index contributed by atoms with van der Waals surface area (Å²) < 4.78 is 5.65. The van der Waals surface area contributed by atoms with Gasteiger partial charge in [0.05, 0.1) is 19.3 Å². The van der Waals surface area contributed by atoms with Gasteiger partial charge in [0.25, 0.3) is 5.91 Å². The summed E-state index contributed by atoms with van der Waals surface area (Å²) in [7, 11) is 1.72. The van der Waals surface area contributed by atoms with Crippen molar-refractivity contribution >= 4 is 23.5 Å². The van der Waals surface area contributed by atoms with Gasteiger partial charge in [-0.1, -0.05) is 11.6 Å². The molecule has 1 aliphatic rings. The van der Waals surface area contributed by atoms with Gasteiger partial charge < -0.3 is 14.7 Å². The van der Waals surface area contributed by atoms with Crippen LogP contribution >= 0.6 is 11.6 Å². The number of amides is 1. The molecule has 0 bridgehead atoms. The van der Waals surface area contributed by atoms with Crippen LogP contribution in [-0.2, 0) is 9.53 Å². The summed E-state index contributed by atoms with van der Waals surface area (Å²) in [5, 5.41) is 9.40. The minimum Gasteiger partial charge on any atom is -0.480 e. The van der Waals surface area contributed by atoms with E-state index in [-0.39, 0.29) is 18.6 Å². The molecule has 0 saturated carbocycles. The number of hydrogen-bond acceptors (Lipinski definition) is 4. The largest absolute Gasteiger partial charge is 0.480 e. The predicted octanol–water partition coefficient (Wildman–Crippen LogP) is 1.51. The van der Waals surface area contributed by atoms with Gasteiger partial charge in [0.1, 0.15) is 0 Å². The Bertz CT molecular complexity index is 593. The van der Waals surface area contributed by atoms with Crippen LogP contribution in [0, 0.1) is 6.92 Å². The van der Waals surface area contributed by atoms with Gasteiger partial charge in [0, 0.05) is 30.2 Å². The monoisotopic (exact) mass is 340 g/mol. The second kappa shape index (κ2) is 7.77. The first kappa shape index (κ1) is 17.7. The highest BCUT2D eigenvalue weighted by Crippen LogP contribution is 2.18. The Labute approximate surface area is 140 Å². The van der Waals surface area contributed by atoms with Crippen LogP contribution in [0.5, 0.6) is 0 Å². The van der Waals surface area contributed by atoms with Gasteiger partial charge >= 0.3 is 5.97 Å². The van der Waals surface area contributed by atoms with E-state index >= 15 is 0 Å². The zero-order chi connectivity index (χ0) is 17.0. The summed E-state index contributed by atoms with van der Waals surface area (Å²) in [5.41, 5.74) is 1.47. The van der Waals surface area contributed by atoms with E-state index < -0.39 is 5.97 Å². The van der Waals surface area contributed by atoms with Gasteiger partial charge in [-0.25, -0.2) is 0 Å². The molecule has 0 aliphatic carbocycles. The first-order valence-corrected chi connectivity index (χ1v) is 7.82. The van der Waals surface area contributed by atoms with Crippen molar-refractivity contribution in [3.63, 3.8) is 0 Å². The topological polar surface area (TPSA) is 70.1 Å². The first-order chi connectivity index (χ1) is 10.9. The summed E-state index contributed by atoms with van der Waals surface area (Å²) in [6.07, 6.45) is -0.190. The zero-order valence-electron chi connectivity index (χ0n) is 13.3. The van der Waals surface area contributed by atoms with E-state index in [1.54, 1.807) is 35.0 Å². The van der Waals surface area contributed by atoms with Crippen LogP contribution in [0.4, 0.5) is 0 Å². The lowest BCUT2D eigenvalue weighted by Crippen LogP contribution is -2.49. The van der Waals surface area contributed by atoms with Crippen LogP contribution in [0.25, 0.3) is 0 Å². The molecule has 1 amide bonds. The number of benzene rings is 1.